The Balaban J connectivity index is 2.01. The smallest absolute Gasteiger partial charge is 0.353 e. The molecule has 2 aromatic rings. The first-order valence-corrected chi connectivity index (χ1v) is 12.7. The van der Waals surface area contributed by atoms with E-state index in [0.29, 0.717) is 10.3 Å². The van der Waals surface area contributed by atoms with E-state index in [4.69, 9.17) is 13.8 Å². The van der Waals surface area contributed by atoms with Gasteiger partial charge in [-0.05, 0) is 24.0 Å². The number of aliphatic hydroxyl groups is 1. The molecule has 178 valence electrons. The molecule has 12 heteroatoms. The Morgan fingerprint density at radius 1 is 1.21 bits per heavy atom. The maximum Gasteiger partial charge on any atom is 0.353 e. The molecule has 3 rings (SSSR count). The number of rotatable bonds is 8. The number of aromatic nitrogens is 2. The monoisotopic (exact) mass is 496 g/mol. The average molecular weight is 496 g/mol. The number of nitrogens with zero attached hydrogens (tertiary/aromatic N) is 2. The molecule has 0 bridgehead atoms. The SMILES string of the molecule is CCS[C@@H]1[C@H](O)[C@@H](/C=C/P(=O)(OC)OC)O[C@H]1n1ccc(=O)n(C(=O)c2ccccc2)c1=O. The molecule has 1 aliphatic rings. The van der Waals surface area contributed by atoms with Crippen LogP contribution in [-0.2, 0) is 18.3 Å². The molecular formula is C21H25N2O8PS. The molecule has 10 nitrogen and oxygen atoms in total. The molecule has 4 atom stereocenters. The molecule has 0 saturated carbocycles. The minimum absolute atomic E-state index is 0.178. The number of hydrogen-bond donors (Lipinski definition) is 1. The number of aliphatic hydroxyl groups excluding tert-OH is 1. The van der Waals surface area contributed by atoms with Gasteiger partial charge in [-0.25, -0.2) is 4.79 Å². The van der Waals surface area contributed by atoms with Crippen LogP contribution in [0.3, 0.4) is 0 Å². The molecule has 1 aromatic heterocycles. The number of carbonyl (C=O) groups is 1. The quantitative estimate of drug-likeness (QED) is 0.547. The lowest BCUT2D eigenvalue weighted by molar-refractivity contribution is 0.00483. The van der Waals surface area contributed by atoms with E-state index in [1.54, 1.807) is 18.2 Å². The van der Waals surface area contributed by atoms with Crippen molar-refractivity contribution < 1.29 is 28.3 Å². The first-order chi connectivity index (χ1) is 15.8. The molecule has 0 unspecified atom stereocenters. The van der Waals surface area contributed by atoms with Crippen LogP contribution in [0.1, 0.15) is 23.5 Å². The lowest BCUT2D eigenvalue weighted by Gasteiger charge is -2.21. The minimum Gasteiger partial charge on any atom is -0.389 e. The van der Waals surface area contributed by atoms with E-state index in [9.17, 15) is 24.1 Å². The van der Waals surface area contributed by atoms with Gasteiger partial charge < -0.3 is 18.9 Å². The highest BCUT2D eigenvalue weighted by Crippen LogP contribution is 2.48. The molecule has 0 radical (unpaired) electrons. The Morgan fingerprint density at radius 2 is 1.88 bits per heavy atom. The fourth-order valence-electron chi connectivity index (χ4n) is 3.40. The molecule has 0 amide bonds. The number of thioether (sulfide) groups is 1. The molecule has 33 heavy (non-hydrogen) atoms. The molecule has 1 aliphatic heterocycles. The largest absolute Gasteiger partial charge is 0.389 e. The molecule has 2 heterocycles. The summed E-state index contributed by atoms with van der Waals surface area (Å²) in [6.07, 6.45) is -0.406. The second kappa shape index (κ2) is 10.8. The Labute approximate surface area is 194 Å². The Bertz CT molecular complexity index is 1170. The second-order valence-electron chi connectivity index (χ2n) is 7.00. The van der Waals surface area contributed by atoms with Crippen LogP contribution in [0.25, 0.3) is 0 Å². The third kappa shape index (κ3) is 5.29. The average Bonchev–Trinajstić information content (AvgIpc) is 3.13. The van der Waals surface area contributed by atoms with Gasteiger partial charge in [-0.2, -0.15) is 16.3 Å². The van der Waals surface area contributed by atoms with E-state index in [0.717, 1.165) is 10.6 Å². The standard InChI is InChI=1S/C21H25N2O8PS/c1-4-33-18-17(25)15(11-13-32(28,29-2)30-3)31-20(18)22-12-10-16(24)23(21(22)27)19(26)14-8-6-5-7-9-14/h5-13,15,17-18,20,25H,4H2,1-3H3/b13-11+/t15-,17-,18-,20-/m1/s1. The molecular weight excluding hydrogens is 471 g/mol. The summed E-state index contributed by atoms with van der Waals surface area (Å²) in [5.74, 6) is 1.01. The topological polar surface area (TPSA) is 126 Å². The summed E-state index contributed by atoms with van der Waals surface area (Å²) in [5, 5.41) is 10.2. The van der Waals surface area contributed by atoms with Gasteiger partial charge >= 0.3 is 13.3 Å². The first-order valence-electron chi connectivity index (χ1n) is 10.1. The van der Waals surface area contributed by atoms with Gasteiger partial charge in [0.25, 0.3) is 11.5 Å². The maximum absolute atomic E-state index is 13.2. The van der Waals surface area contributed by atoms with Gasteiger partial charge in [0.1, 0.15) is 12.2 Å². The molecule has 1 N–H and O–H groups in total. The zero-order valence-electron chi connectivity index (χ0n) is 18.3. The fourth-order valence-corrected chi connectivity index (χ4v) is 5.27. The minimum atomic E-state index is -3.50. The summed E-state index contributed by atoms with van der Waals surface area (Å²) in [4.78, 5) is 38.5. The summed E-state index contributed by atoms with van der Waals surface area (Å²) in [6, 6.07) is 9.06. The van der Waals surface area contributed by atoms with Gasteiger partial charge in [-0.3, -0.25) is 18.7 Å². The van der Waals surface area contributed by atoms with Crippen molar-refractivity contribution in [1.82, 2.24) is 9.13 Å². The van der Waals surface area contributed by atoms with Crippen LogP contribution in [0.15, 0.2) is 64.1 Å². The number of carbonyl (C=O) groups excluding carboxylic acids is 1. The third-order valence-electron chi connectivity index (χ3n) is 5.09. The lowest BCUT2D eigenvalue weighted by Crippen LogP contribution is -2.45. The van der Waals surface area contributed by atoms with Crippen molar-refractivity contribution in [1.29, 1.82) is 0 Å². The number of ether oxygens (including phenoxy) is 1. The molecule has 1 saturated heterocycles. The van der Waals surface area contributed by atoms with Crippen molar-refractivity contribution in [2.45, 2.75) is 30.6 Å². The van der Waals surface area contributed by atoms with E-state index in [1.807, 2.05) is 6.92 Å². The fraction of sp³-hybridized carbons (Fsp3) is 0.381. The number of hydrogen-bond acceptors (Lipinski definition) is 9. The third-order valence-corrected chi connectivity index (χ3v) is 7.87. The van der Waals surface area contributed by atoms with Gasteiger partial charge in [-0.1, -0.05) is 25.1 Å². The van der Waals surface area contributed by atoms with Crippen molar-refractivity contribution in [2.24, 2.45) is 0 Å². The van der Waals surface area contributed by atoms with Crippen molar-refractivity contribution in [3.8, 4) is 0 Å². The number of benzene rings is 1. The Kier molecular flexibility index (Phi) is 8.28. The predicted octanol–water partition coefficient (Wildman–Crippen LogP) is 2.08. The van der Waals surface area contributed by atoms with Crippen LogP contribution in [0, 0.1) is 0 Å². The molecule has 1 aromatic carbocycles. The van der Waals surface area contributed by atoms with E-state index < -0.39 is 48.4 Å². The Hall–Kier alpha value is -2.27. The van der Waals surface area contributed by atoms with E-state index in [-0.39, 0.29) is 5.56 Å². The molecule has 0 aliphatic carbocycles. The summed E-state index contributed by atoms with van der Waals surface area (Å²) < 4.78 is 29.6. The van der Waals surface area contributed by atoms with Gasteiger partial charge in [0, 0.05) is 37.9 Å². The molecule has 1 fully saturated rings. The van der Waals surface area contributed by atoms with Crippen molar-refractivity contribution in [3.05, 3.63) is 80.9 Å². The normalized spacial score (nSPS) is 23.3. The van der Waals surface area contributed by atoms with E-state index in [1.165, 1.54) is 56.2 Å². The van der Waals surface area contributed by atoms with Gasteiger partial charge in [-0.15, -0.1) is 0 Å². The predicted molar refractivity (Wildman–Crippen MR) is 124 cm³/mol. The lowest BCUT2D eigenvalue weighted by atomic mass is 10.1. The summed E-state index contributed by atoms with van der Waals surface area (Å²) in [6.45, 7) is 1.88. The highest BCUT2D eigenvalue weighted by atomic mass is 32.2. The van der Waals surface area contributed by atoms with Gasteiger partial charge in [0.2, 0.25) is 0 Å². The Morgan fingerprint density at radius 3 is 2.48 bits per heavy atom. The maximum atomic E-state index is 13.2. The van der Waals surface area contributed by atoms with Crippen LogP contribution < -0.4 is 11.2 Å². The van der Waals surface area contributed by atoms with Crippen LogP contribution in [0.2, 0.25) is 0 Å². The summed E-state index contributed by atoms with van der Waals surface area (Å²) in [5.41, 5.74) is -1.49. The van der Waals surface area contributed by atoms with Crippen LogP contribution >= 0.6 is 19.4 Å². The van der Waals surface area contributed by atoms with E-state index >= 15 is 0 Å². The molecule has 0 spiro atoms. The van der Waals surface area contributed by atoms with Crippen molar-refractivity contribution >= 4 is 25.3 Å². The van der Waals surface area contributed by atoms with E-state index in [2.05, 4.69) is 0 Å². The second-order valence-corrected chi connectivity index (χ2v) is 10.6. The first kappa shape index (κ1) is 25.4. The highest BCUT2D eigenvalue weighted by molar-refractivity contribution is 7.99. The van der Waals surface area contributed by atoms with Crippen molar-refractivity contribution in [2.75, 3.05) is 20.0 Å². The van der Waals surface area contributed by atoms with Crippen LogP contribution in [-0.4, -0.2) is 57.6 Å². The summed E-state index contributed by atoms with van der Waals surface area (Å²) >= 11 is 1.35. The highest BCUT2D eigenvalue weighted by Gasteiger charge is 2.44. The zero-order chi connectivity index (χ0) is 24.2. The van der Waals surface area contributed by atoms with Crippen molar-refractivity contribution in [3.63, 3.8) is 0 Å². The summed E-state index contributed by atoms with van der Waals surface area (Å²) in [7, 11) is -1.04. The van der Waals surface area contributed by atoms with Gasteiger partial charge in [0.15, 0.2) is 6.23 Å². The zero-order valence-corrected chi connectivity index (χ0v) is 20.0. The van der Waals surface area contributed by atoms with Crippen LogP contribution in [0.5, 0.6) is 0 Å². The van der Waals surface area contributed by atoms with Crippen LogP contribution in [0.4, 0.5) is 0 Å². The van der Waals surface area contributed by atoms with Gasteiger partial charge in [0.05, 0.1) is 5.25 Å².